The van der Waals surface area contributed by atoms with E-state index in [1.165, 1.54) is 16.3 Å². The number of para-hydroxylation sites is 2. The van der Waals surface area contributed by atoms with E-state index in [0.29, 0.717) is 5.92 Å². The van der Waals surface area contributed by atoms with Crippen LogP contribution in [-0.4, -0.2) is 9.55 Å². The van der Waals surface area contributed by atoms with Crippen LogP contribution < -0.4 is 0 Å². The average Bonchev–Trinajstić information content (AvgIpc) is 3.39. The van der Waals surface area contributed by atoms with Crippen molar-refractivity contribution in [3.63, 3.8) is 0 Å². The van der Waals surface area contributed by atoms with Crippen molar-refractivity contribution in [3.8, 4) is 17.1 Å². The molecular weight excluding hydrogens is 392 g/mol. The number of rotatable bonds is 4. The van der Waals surface area contributed by atoms with Gasteiger partial charge in [0.2, 0.25) is 0 Å². The van der Waals surface area contributed by atoms with Crippen molar-refractivity contribution < 1.29 is 4.42 Å². The Morgan fingerprint density at radius 2 is 1.66 bits per heavy atom. The lowest BCUT2D eigenvalue weighted by molar-refractivity contribution is 0.615. The van der Waals surface area contributed by atoms with Crippen molar-refractivity contribution in [2.24, 2.45) is 5.92 Å². The molecule has 2 aromatic heterocycles. The van der Waals surface area contributed by atoms with E-state index in [0.717, 1.165) is 45.5 Å². The van der Waals surface area contributed by atoms with Crippen molar-refractivity contribution in [2.45, 2.75) is 20.3 Å². The van der Waals surface area contributed by atoms with Crippen LogP contribution >= 0.6 is 0 Å². The summed E-state index contributed by atoms with van der Waals surface area (Å²) in [5.74, 6) is 1.51. The Balaban J connectivity index is 1.62. The minimum atomic E-state index is 0.602. The number of fused-ring (bicyclic) bond motifs is 3. The second-order valence-corrected chi connectivity index (χ2v) is 8.87. The van der Waals surface area contributed by atoms with Gasteiger partial charge in [-0.25, -0.2) is 4.98 Å². The Morgan fingerprint density at radius 1 is 0.844 bits per heavy atom. The highest BCUT2D eigenvalue weighted by molar-refractivity contribution is 5.96. The van der Waals surface area contributed by atoms with Crippen molar-refractivity contribution in [3.05, 3.63) is 96.8 Å². The summed E-state index contributed by atoms with van der Waals surface area (Å²) in [6, 6.07) is 29.9. The van der Waals surface area contributed by atoms with E-state index in [1.54, 1.807) is 0 Å². The molecular formula is C29H24N2O. The predicted molar refractivity (Wildman–Crippen MR) is 132 cm³/mol. The molecule has 6 aromatic rings. The summed E-state index contributed by atoms with van der Waals surface area (Å²) < 4.78 is 8.22. The topological polar surface area (TPSA) is 31.0 Å². The predicted octanol–water partition coefficient (Wildman–Crippen LogP) is 7.79. The summed E-state index contributed by atoms with van der Waals surface area (Å²) in [6.45, 7) is 4.50. The van der Waals surface area contributed by atoms with E-state index in [9.17, 15) is 0 Å². The fourth-order valence-corrected chi connectivity index (χ4v) is 4.63. The van der Waals surface area contributed by atoms with Crippen LogP contribution in [0.5, 0.6) is 0 Å². The molecule has 156 valence electrons. The molecule has 32 heavy (non-hydrogen) atoms. The van der Waals surface area contributed by atoms with Crippen molar-refractivity contribution >= 4 is 32.8 Å². The molecule has 2 heterocycles. The molecule has 0 fully saturated rings. The number of nitrogens with zero attached hydrogens (tertiary/aromatic N) is 2. The lowest BCUT2D eigenvalue weighted by Gasteiger charge is -2.10. The summed E-state index contributed by atoms with van der Waals surface area (Å²) in [4.78, 5) is 5.06. The molecule has 0 aliphatic carbocycles. The van der Waals surface area contributed by atoms with Gasteiger partial charge in [-0.2, -0.15) is 0 Å². The molecule has 3 nitrogen and oxygen atoms in total. The second kappa shape index (κ2) is 7.38. The van der Waals surface area contributed by atoms with Gasteiger partial charge in [0.05, 0.1) is 16.6 Å². The Hall–Kier alpha value is -3.85. The Labute approximate surface area is 186 Å². The van der Waals surface area contributed by atoms with Crippen LogP contribution in [0.25, 0.3) is 49.9 Å². The molecule has 0 unspecified atom stereocenters. The van der Waals surface area contributed by atoms with Gasteiger partial charge in [-0.1, -0.05) is 62.4 Å². The van der Waals surface area contributed by atoms with Crippen LogP contribution in [-0.2, 0) is 6.42 Å². The Kier molecular flexibility index (Phi) is 4.36. The van der Waals surface area contributed by atoms with Crippen LogP contribution in [0.4, 0.5) is 0 Å². The van der Waals surface area contributed by atoms with Gasteiger partial charge in [-0.15, -0.1) is 0 Å². The monoisotopic (exact) mass is 416 g/mol. The standard InChI is InChI=1S/C29H24N2O/c1-19(2)15-20-11-14-28-24(16-20)25(18-32-28)29-30-26-9-5-6-10-27(26)31(29)23-13-12-21-7-3-4-8-22(21)17-23/h3-14,16-19H,15H2,1-2H3. The highest BCUT2D eigenvalue weighted by Gasteiger charge is 2.19. The molecule has 0 aliphatic rings. The molecule has 4 aromatic carbocycles. The number of imidazole rings is 1. The van der Waals surface area contributed by atoms with E-state index < -0.39 is 0 Å². The van der Waals surface area contributed by atoms with E-state index in [4.69, 9.17) is 9.40 Å². The number of aromatic nitrogens is 2. The zero-order chi connectivity index (χ0) is 21.7. The molecule has 0 N–H and O–H groups in total. The number of furan rings is 1. The van der Waals surface area contributed by atoms with Crippen LogP contribution in [0.2, 0.25) is 0 Å². The normalized spacial score (nSPS) is 11.8. The summed E-state index contributed by atoms with van der Waals surface area (Å²) in [6.07, 6.45) is 2.89. The van der Waals surface area contributed by atoms with E-state index >= 15 is 0 Å². The molecule has 0 saturated carbocycles. The van der Waals surface area contributed by atoms with Gasteiger partial charge in [0, 0.05) is 11.1 Å². The molecule has 0 atom stereocenters. The fourth-order valence-electron chi connectivity index (χ4n) is 4.63. The van der Waals surface area contributed by atoms with Gasteiger partial charge in [0.25, 0.3) is 0 Å². The lowest BCUT2D eigenvalue weighted by Crippen LogP contribution is -1.98. The van der Waals surface area contributed by atoms with E-state index in [1.807, 2.05) is 12.3 Å². The van der Waals surface area contributed by atoms with Crippen LogP contribution in [0.15, 0.2) is 95.6 Å². The third-order valence-electron chi connectivity index (χ3n) is 6.07. The smallest absolute Gasteiger partial charge is 0.149 e. The maximum Gasteiger partial charge on any atom is 0.149 e. The van der Waals surface area contributed by atoms with Crippen molar-refractivity contribution in [1.82, 2.24) is 9.55 Å². The van der Waals surface area contributed by atoms with Crippen molar-refractivity contribution in [2.75, 3.05) is 0 Å². The largest absolute Gasteiger partial charge is 0.464 e. The lowest BCUT2D eigenvalue weighted by atomic mass is 10.0. The molecule has 6 rings (SSSR count). The molecule has 3 heteroatoms. The molecule has 0 spiro atoms. The SMILES string of the molecule is CC(C)Cc1ccc2occ(-c3nc4ccccc4n3-c3ccc4ccccc4c3)c2c1. The minimum Gasteiger partial charge on any atom is -0.464 e. The number of benzene rings is 4. The maximum atomic E-state index is 5.97. The Bertz CT molecular complexity index is 1590. The van der Waals surface area contributed by atoms with Gasteiger partial charge >= 0.3 is 0 Å². The molecule has 0 radical (unpaired) electrons. The molecule has 0 bridgehead atoms. The summed E-state index contributed by atoms with van der Waals surface area (Å²) in [5, 5.41) is 3.56. The van der Waals surface area contributed by atoms with E-state index in [-0.39, 0.29) is 0 Å². The minimum absolute atomic E-state index is 0.602. The van der Waals surface area contributed by atoms with Gasteiger partial charge in [0.1, 0.15) is 17.7 Å². The molecule has 0 amide bonds. The van der Waals surface area contributed by atoms with Gasteiger partial charge < -0.3 is 4.42 Å². The van der Waals surface area contributed by atoms with Crippen LogP contribution in [0.3, 0.4) is 0 Å². The first kappa shape index (κ1) is 18.9. The second-order valence-electron chi connectivity index (χ2n) is 8.87. The van der Waals surface area contributed by atoms with Gasteiger partial charge in [-0.05, 0) is 65.1 Å². The molecule has 0 aliphatic heterocycles. The quantitative estimate of drug-likeness (QED) is 0.294. The average molecular weight is 417 g/mol. The zero-order valence-corrected chi connectivity index (χ0v) is 18.2. The summed E-state index contributed by atoms with van der Waals surface area (Å²) in [7, 11) is 0. The highest BCUT2D eigenvalue weighted by atomic mass is 16.3. The van der Waals surface area contributed by atoms with Gasteiger partial charge in [-0.3, -0.25) is 4.57 Å². The Morgan fingerprint density at radius 3 is 2.53 bits per heavy atom. The third kappa shape index (κ3) is 3.09. The number of hydrogen-bond acceptors (Lipinski definition) is 2. The fraction of sp³-hybridized carbons (Fsp3) is 0.138. The maximum absolute atomic E-state index is 5.97. The first-order valence-electron chi connectivity index (χ1n) is 11.1. The summed E-state index contributed by atoms with van der Waals surface area (Å²) in [5.41, 5.74) is 6.40. The highest BCUT2D eigenvalue weighted by Crippen LogP contribution is 2.35. The summed E-state index contributed by atoms with van der Waals surface area (Å²) >= 11 is 0. The molecule has 0 saturated heterocycles. The van der Waals surface area contributed by atoms with Crippen molar-refractivity contribution in [1.29, 1.82) is 0 Å². The first-order chi connectivity index (χ1) is 15.7. The number of hydrogen-bond donors (Lipinski definition) is 0. The first-order valence-corrected chi connectivity index (χ1v) is 11.1. The van der Waals surface area contributed by atoms with Crippen LogP contribution in [0.1, 0.15) is 19.4 Å². The van der Waals surface area contributed by atoms with E-state index in [2.05, 4.69) is 97.3 Å². The van der Waals surface area contributed by atoms with Crippen LogP contribution in [0, 0.1) is 5.92 Å². The zero-order valence-electron chi connectivity index (χ0n) is 18.2. The third-order valence-corrected chi connectivity index (χ3v) is 6.07. The van der Waals surface area contributed by atoms with Gasteiger partial charge in [0.15, 0.2) is 0 Å².